The molecule has 5 heteroatoms. The summed E-state index contributed by atoms with van der Waals surface area (Å²) in [5.74, 6) is 0.572. The minimum absolute atomic E-state index is 0.0348. The largest absolute Gasteiger partial charge is 0.328 e. The van der Waals surface area contributed by atoms with Crippen LogP contribution >= 0.6 is 15.9 Å². The van der Waals surface area contributed by atoms with E-state index in [2.05, 4.69) is 20.9 Å². The van der Waals surface area contributed by atoms with Crippen LogP contribution in [0.1, 0.15) is 12.7 Å². The molecule has 0 fully saturated rings. The summed E-state index contributed by atoms with van der Waals surface area (Å²) >= 11 is 3.30. The molecule has 1 atom stereocenters. The molecule has 1 unspecified atom stereocenters. The first-order chi connectivity index (χ1) is 7.08. The summed E-state index contributed by atoms with van der Waals surface area (Å²) in [6, 6.07) is 2.89. The van der Waals surface area contributed by atoms with Crippen molar-refractivity contribution in [3.05, 3.63) is 34.6 Å². The molecule has 2 heterocycles. The first kappa shape index (κ1) is 10.6. The van der Waals surface area contributed by atoms with Gasteiger partial charge in [-0.1, -0.05) is 0 Å². The summed E-state index contributed by atoms with van der Waals surface area (Å²) in [5, 5.41) is 0. The lowest BCUT2D eigenvalue weighted by Gasteiger charge is -2.03. The molecule has 80 valence electrons. The lowest BCUT2D eigenvalue weighted by molar-refractivity contribution is 0.625. The Labute approximate surface area is 95.2 Å². The highest BCUT2D eigenvalue weighted by Crippen LogP contribution is 2.20. The molecule has 0 radical (unpaired) electrons. The van der Waals surface area contributed by atoms with E-state index >= 15 is 0 Å². The van der Waals surface area contributed by atoms with Crippen molar-refractivity contribution in [1.29, 1.82) is 0 Å². The summed E-state index contributed by atoms with van der Waals surface area (Å²) in [7, 11) is 0. The molecule has 0 saturated heterocycles. The van der Waals surface area contributed by atoms with Gasteiger partial charge in [-0.05, 0) is 28.9 Å². The molecule has 0 amide bonds. The molecule has 2 aromatic rings. The fraction of sp³-hybridized carbons (Fsp3) is 0.300. The molecular weight excluding hydrogens is 261 g/mol. The molecule has 0 aliphatic rings. The zero-order valence-corrected chi connectivity index (χ0v) is 9.83. The molecule has 2 N–H and O–H groups in total. The Morgan fingerprint density at radius 1 is 1.67 bits per heavy atom. The average Bonchev–Trinajstić information content (AvgIpc) is 2.42. The van der Waals surface area contributed by atoms with Crippen LogP contribution in [0, 0.1) is 5.82 Å². The maximum atomic E-state index is 13.0. The lowest BCUT2D eigenvalue weighted by Crippen LogP contribution is -2.19. The minimum Gasteiger partial charge on any atom is -0.328 e. The molecule has 3 nitrogen and oxygen atoms in total. The quantitative estimate of drug-likeness (QED) is 0.910. The predicted octanol–water partition coefficient (Wildman–Crippen LogP) is 2.13. The summed E-state index contributed by atoms with van der Waals surface area (Å²) in [5.41, 5.74) is 6.44. The fourth-order valence-corrected chi connectivity index (χ4v) is 2.02. The van der Waals surface area contributed by atoms with Crippen molar-refractivity contribution in [3.8, 4) is 0 Å². The summed E-state index contributed by atoms with van der Waals surface area (Å²) in [6.45, 7) is 1.92. The molecule has 0 aliphatic carbocycles. The second-order valence-electron chi connectivity index (χ2n) is 3.60. The number of nitrogens with zero attached hydrogens (tertiary/aromatic N) is 2. The average molecular weight is 272 g/mol. The van der Waals surface area contributed by atoms with Crippen LogP contribution < -0.4 is 5.73 Å². The summed E-state index contributed by atoms with van der Waals surface area (Å²) < 4.78 is 15.5. The second kappa shape index (κ2) is 3.90. The van der Waals surface area contributed by atoms with Crippen molar-refractivity contribution in [2.45, 2.75) is 19.4 Å². The van der Waals surface area contributed by atoms with Crippen molar-refractivity contribution < 1.29 is 4.39 Å². The summed E-state index contributed by atoms with van der Waals surface area (Å²) in [6.07, 6.45) is 2.33. The normalized spacial score (nSPS) is 13.3. The van der Waals surface area contributed by atoms with Crippen LogP contribution in [-0.2, 0) is 6.42 Å². The van der Waals surface area contributed by atoms with Crippen molar-refractivity contribution in [2.75, 3.05) is 0 Å². The standard InChI is InChI=1S/C10H11BrFN3/c1-6(13)4-9-14-10(11)8-5-7(12)2-3-15(8)9/h2-3,5-6H,4,13H2,1H3. The van der Waals surface area contributed by atoms with Crippen molar-refractivity contribution in [3.63, 3.8) is 0 Å². The smallest absolute Gasteiger partial charge is 0.132 e. The number of halogens is 2. The number of nitrogens with two attached hydrogens (primary N) is 1. The zero-order chi connectivity index (χ0) is 11.0. The highest BCUT2D eigenvalue weighted by atomic mass is 79.9. The van der Waals surface area contributed by atoms with Gasteiger partial charge < -0.3 is 10.1 Å². The van der Waals surface area contributed by atoms with Gasteiger partial charge >= 0.3 is 0 Å². The summed E-state index contributed by atoms with van der Waals surface area (Å²) in [4.78, 5) is 4.30. The molecule has 2 aromatic heterocycles. The Balaban J connectivity index is 2.57. The number of pyridine rings is 1. The van der Waals surface area contributed by atoms with Crippen molar-refractivity contribution >= 4 is 21.4 Å². The molecule has 0 spiro atoms. The minimum atomic E-state index is -0.268. The van der Waals surface area contributed by atoms with Crippen LogP contribution in [0.5, 0.6) is 0 Å². The van der Waals surface area contributed by atoms with Gasteiger partial charge in [0.2, 0.25) is 0 Å². The van der Waals surface area contributed by atoms with E-state index in [1.807, 2.05) is 11.3 Å². The fourth-order valence-electron chi connectivity index (χ4n) is 1.51. The van der Waals surface area contributed by atoms with Crippen LogP contribution in [0.15, 0.2) is 22.9 Å². The number of fused-ring (bicyclic) bond motifs is 1. The van der Waals surface area contributed by atoms with Gasteiger partial charge in [0, 0.05) is 24.7 Å². The van der Waals surface area contributed by atoms with E-state index in [4.69, 9.17) is 5.73 Å². The molecular formula is C10H11BrFN3. The van der Waals surface area contributed by atoms with Crippen LogP contribution in [-0.4, -0.2) is 15.4 Å². The first-order valence-electron chi connectivity index (χ1n) is 4.65. The van der Waals surface area contributed by atoms with E-state index in [9.17, 15) is 4.39 Å². The van der Waals surface area contributed by atoms with E-state index in [0.29, 0.717) is 11.0 Å². The van der Waals surface area contributed by atoms with Crippen LogP contribution in [0.25, 0.3) is 5.52 Å². The van der Waals surface area contributed by atoms with Gasteiger partial charge in [-0.3, -0.25) is 0 Å². The zero-order valence-electron chi connectivity index (χ0n) is 8.24. The van der Waals surface area contributed by atoms with E-state index in [-0.39, 0.29) is 11.9 Å². The highest BCUT2D eigenvalue weighted by molar-refractivity contribution is 9.10. The van der Waals surface area contributed by atoms with Gasteiger partial charge in [0.15, 0.2) is 0 Å². The first-order valence-corrected chi connectivity index (χ1v) is 5.45. The third-order valence-corrected chi connectivity index (χ3v) is 2.72. The van der Waals surface area contributed by atoms with Gasteiger partial charge in [-0.25, -0.2) is 9.37 Å². The Kier molecular flexibility index (Phi) is 2.75. The molecule has 0 saturated carbocycles. The van der Waals surface area contributed by atoms with E-state index in [0.717, 1.165) is 11.3 Å². The number of hydrogen-bond donors (Lipinski definition) is 1. The van der Waals surface area contributed by atoms with E-state index in [1.165, 1.54) is 12.1 Å². The Morgan fingerprint density at radius 3 is 3.07 bits per heavy atom. The Hall–Kier alpha value is -0.940. The molecule has 0 bridgehead atoms. The number of aromatic nitrogens is 2. The number of imidazole rings is 1. The SMILES string of the molecule is CC(N)Cc1nc(Br)c2cc(F)ccn12. The maximum absolute atomic E-state index is 13.0. The number of hydrogen-bond acceptors (Lipinski definition) is 2. The van der Waals surface area contributed by atoms with Gasteiger partial charge in [0.05, 0.1) is 5.52 Å². The van der Waals surface area contributed by atoms with Crippen molar-refractivity contribution in [2.24, 2.45) is 5.73 Å². The van der Waals surface area contributed by atoms with Gasteiger partial charge in [0.25, 0.3) is 0 Å². The molecule has 15 heavy (non-hydrogen) atoms. The Bertz CT molecular complexity index is 493. The predicted molar refractivity (Wildman–Crippen MR) is 60.2 cm³/mol. The monoisotopic (exact) mass is 271 g/mol. The number of rotatable bonds is 2. The third-order valence-electron chi connectivity index (χ3n) is 2.14. The molecule has 0 aliphatic heterocycles. The lowest BCUT2D eigenvalue weighted by atomic mass is 10.2. The van der Waals surface area contributed by atoms with Gasteiger partial charge in [-0.2, -0.15) is 0 Å². The Morgan fingerprint density at radius 2 is 2.40 bits per heavy atom. The van der Waals surface area contributed by atoms with E-state index < -0.39 is 0 Å². The van der Waals surface area contributed by atoms with Crippen LogP contribution in [0.3, 0.4) is 0 Å². The highest BCUT2D eigenvalue weighted by Gasteiger charge is 2.10. The maximum Gasteiger partial charge on any atom is 0.132 e. The van der Waals surface area contributed by atoms with Crippen LogP contribution in [0.4, 0.5) is 4.39 Å². The molecule has 0 aromatic carbocycles. The molecule has 2 rings (SSSR count). The topological polar surface area (TPSA) is 43.3 Å². The van der Waals surface area contributed by atoms with Crippen molar-refractivity contribution in [1.82, 2.24) is 9.38 Å². The van der Waals surface area contributed by atoms with E-state index in [1.54, 1.807) is 6.20 Å². The second-order valence-corrected chi connectivity index (χ2v) is 4.35. The van der Waals surface area contributed by atoms with Crippen LogP contribution in [0.2, 0.25) is 0 Å². The van der Waals surface area contributed by atoms with Gasteiger partial charge in [-0.15, -0.1) is 0 Å². The third kappa shape index (κ3) is 2.03. The van der Waals surface area contributed by atoms with Gasteiger partial charge in [0.1, 0.15) is 16.2 Å².